The summed E-state index contributed by atoms with van der Waals surface area (Å²) in [5.41, 5.74) is 3.08. The Kier molecular flexibility index (Phi) is 10.7. The number of anilines is 2. The van der Waals surface area contributed by atoms with Crippen molar-refractivity contribution < 1.29 is 23.7 Å². The van der Waals surface area contributed by atoms with Crippen LogP contribution in [0, 0.1) is 23.2 Å². The molecule has 1 saturated heterocycles. The summed E-state index contributed by atoms with van der Waals surface area (Å²) in [6, 6.07) is 9.59. The normalized spacial score (nSPS) is 13.8. The summed E-state index contributed by atoms with van der Waals surface area (Å²) in [6.45, 7) is 4.72. The van der Waals surface area contributed by atoms with Crippen LogP contribution >= 0.6 is 24.8 Å². The Morgan fingerprint density at radius 1 is 1.03 bits per heavy atom. The van der Waals surface area contributed by atoms with Crippen molar-refractivity contribution >= 4 is 47.1 Å². The molecule has 0 spiro atoms. The van der Waals surface area contributed by atoms with E-state index in [0.717, 1.165) is 51.3 Å². The van der Waals surface area contributed by atoms with Gasteiger partial charge in [0, 0.05) is 37.2 Å². The smallest absolute Gasteiger partial charge is 0.231 e. The zero-order valence-electron chi connectivity index (χ0n) is 21.7. The van der Waals surface area contributed by atoms with Crippen LogP contribution in [0.25, 0.3) is 10.9 Å². The Labute approximate surface area is 240 Å². The van der Waals surface area contributed by atoms with E-state index >= 15 is 0 Å². The van der Waals surface area contributed by atoms with E-state index in [2.05, 4.69) is 33.1 Å². The number of benzene rings is 2. The third-order valence-electron chi connectivity index (χ3n) is 6.37. The number of methoxy groups -OCH3 is 2. The summed E-state index contributed by atoms with van der Waals surface area (Å²) in [7, 11) is 3.14. The van der Waals surface area contributed by atoms with Crippen molar-refractivity contribution in [2.75, 3.05) is 59.2 Å². The van der Waals surface area contributed by atoms with Gasteiger partial charge in [-0.3, -0.25) is 9.88 Å². The van der Waals surface area contributed by atoms with Crippen molar-refractivity contribution in [1.82, 2.24) is 9.88 Å². The van der Waals surface area contributed by atoms with Crippen molar-refractivity contribution in [3.63, 3.8) is 0 Å². The molecule has 2 aromatic carbocycles. The summed E-state index contributed by atoms with van der Waals surface area (Å²) in [5, 5.41) is 13.9. The first-order valence-electron chi connectivity index (χ1n) is 12.1. The second kappa shape index (κ2) is 14.0. The van der Waals surface area contributed by atoms with Gasteiger partial charge in [0.15, 0.2) is 23.0 Å². The van der Waals surface area contributed by atoms with E-state index in [1.807, 2.05) is 12.1 Å². The molecular formula is C28H30Cl2N4O5. The van der Waals surface area contributed by atoms with Crippen molar-refractivity contribution in [2.24, 2.45) is 0 Å². The highest BCUT2D eigenvalue weighted by atomic mass is 35.5. The molecule has 1 fully saturated rings. The van der Waals surface area contributed by atoms with Gasteiger partial charge in [-0.1, -0.05) is 11.8 Å². The number of nitrogens with zero attached hydrogens (tertiary/aromatic N) is 3. The second-order valence-electron chi connectivity index (χ2n) is 8.59. The largest absolute Gasteiger partial charge is 0.493 e. The predicted molar refractivity (Wildman–Crippen MR) is 153 cm³/mol. The lowest BCUT2D eigenvalue weighted by molar-refractivity contribution is 0.0376. The molecule has 0 saturated carbocycles. The van der Waals surface area contributed by atoms with Crippen molar-refractivity contribution in [3.05, 3.63) is 41.6 Å². The number of rotatable bonds is 7. The molecule has 3 aromatic rings. The van der Waals surface area contributed by atoms with Crippen LogP contribution in [0.1, 0.15) is 24.0 Å². The van der Waals surface area contributed by atoms with Gasteiger partial charge < -0.3 is 29.0 Å². The standard InChI is InChI=1S/C28H28N4O5.2ClH/c1-33-24-14-21-23(15-25(24)34-2)30-17-20(16-29)26(21)31-22-8-7-19(27-28(22)37-18-36-27)6-4-3-5-9-32-10-12-35-13-11-32;;/h7-8,14-15,17H,3,5,9-13,18H2,1-2H3,(H,30,31);2*1H. The molecule has 1 N–H and O–H groups in total. The van der Waals surface area contributed by atoms with E-state index in [4.69, 9.17) is 23.7 Å². The van der Waals surface area contributed by atoms with Crippen LogP contribution < -0.4 is 24.3 Å². The number of hydrogen-bond donors (Lipinski definition) is 1. The molecule has 39 heavy (non-hydrogen) atoms. The van der Waals surface area contributed by atoms with E-state index in [1.54, 1.807) is 26.4 Å². The lowest BCUT2D eigenvalue weighted by Gasteiger charge is -2.26. The molecule has 206 valence electrons. The molecule has 0 radical (unpaired) electrons. The second-order valence-corrected chi connectivity index (χ2v) is 8.59. The SMILES string of the molecule is COc1cc2ncc(C#N)c(Nc3ccc(C#CCCCN4CCOCC4)c4c3OCO4)c2cc1OC.Cl.Cl. The Hall–Kier alpha value is -3.60. The Bertz CT molecular complexity index is 1410. The molecule has 2 aliphatic rings. The number of ether oxygens (including phenoxy) is 5. The van der Waals surface area contributed by atoms with Gasteiger partial charge in [-0.25, -0.2) is 0 Å². The van der Waals surface area contributed by atoms with Crippen LogP contribution in [-0.4, -0.2) is 63.7 Å². The van der Waals surface area contributed by atoms with Gasteiger partial charge in [-0.2, -0.15) is 5.26 Å². The number of nitrogens with one attached hydrogen (secondary N) is 1. The van der Waals surface area contributed by atoms with Crippen LogP contribution in [0.3, 0.4) is 0 Å². The minimum Gasteiger partial charge on any atom is -0.493 e. The Balaban J connectivity index is 0.00000210. The monoisotopic (exact) mass is 572 g/mol. The first-order chi connectivity index (χ1) is 18.2. The minimum absolute atomic E-state index is 0. The topological polar surface area (TPSA) is 98.1 Å². The van der Waals surface area contributed by atoms with Crippen LogP contribution in [-0.2, 0) is 4.74 Å². The molecule has 0 aliphatic carbocycles. The number of aromatic nitrogens is 1. The van der Waals surface area contributed by atoms with Gasteiger partial charge in [-0.15, -0.1) is 24.8 Å². The first-order valence-corrected chi connectivity index (χ1v) is 12.1. The van der Waals surface area contributed by atoms with Gasteiger partial charge in [0.05, 0.1) is 55.5 Å². The number of halogens is 2. The number of fused-ring (bicyclic) bond motifs is 2. The van der Waals surface area contributed by atoms with E-state index in [-0.39, 0.29) is 31.6 Å². The lowest BCUT2D eigenvalue weighted by Crippen LogP contribution is -2.36. The zero-order valence-corrected chi connectivity index (χ0v) is 23.4. The molecule has 5 rings (SSSR count). The number of hydrogen-bond acceptors (Lipinski definition) is 9. The third-order valence-corrected chi connectivity index (χ3v) is 6.37. The van der Waals surface area contributed by atoms with E-state index in [9.17, 15) is 5.26 Å². The molecule has 3 heterocycles. The highest BCUT2D eigenvalue weighted by Gasteiger charge is 2.23. The van der Waals surface area contributed by atoms with Gasteiger partial charge in [0.25, 0.3) is 0 Å². The summed E-state index contributed by atoms with van der Waals surface area (Å²) < 4.78 is 27.8. The fourth-order valence-corrected chi connectivity index (χ4v) is 4.44. The summed E-state index contributed by atoms with van der Waals surface area (Å²) in [5.74, 6) is 8.76. The Morgan fingerprint density at radius 3 is 2.51 bits per heavy atom. The molecule has 11 heteroatoms. The quantitative estimate of drug-likeness (QED) is 0.313. The molecular weight excluding hydrogens is 543 g/mol. The third kappa shape index (κ3) is 6.52. The molecule has 9 nitrogen and oxygen atoms in total. The lowest BCUT2D eigenvalue weighted by atomic mass is 10.1. The summed E-state index contributed by atoms with van der Waals surface area (Å²) in [6.07, 6.45) is 3.34. The van der Waals surface area contributed by atoms with Crippen molar-refractivity contribution in [2.45, 2.75) is 12.8 Å². The average Bonchev–Trinajstić information content (AvgIpc) is 3.44. The van der Waals surface area contributed by atoms with E-state index < -0.39 is 0 Å². The number of unbranched alkanes of at least 4 members (excludes halogenated alkanes) is 1. The summed E-state index contributed by atoms with van der Waals surface area (Å²) in [4.78, 5) is 6.83. The van der Waals surface area contributed by atoms with Crippen molar-refractivity contribution in [1.29, 1.82) is 5.26 Å². The molecule has 2 aliphatic heterocycles. The van der Waals surface area contributed by atoms with Crippen LogP contribution in [0.2, 0.25) is 0 Å². The van der Waals surface area contributed by atoms with E-state index in [1.165, 1.54) is 6.20 Å². The number of nitriles is 1. The maximum Gasteiger partial charge on any atom is 0.231 e. The maximum atomic E-state index is 9.78. The molecule has 0 amide bonds. The fourth-order valence-electron chi connectivity index (χ4n) is 4.44. The average molecular weight is 573 g/mol. The van der Waals surface area contributed by atoms with E-state index in [0.29, 0.717) is 50.8 Å². The Morgan fingerprint density at radius 2 is 1.77 bits per heavy atom. The van der Waals surface area contributed by atoms with Crippen LogP contribution in [0.4, 0.5) is 11.4 Å². The number of morpholine rings is 1. The minimum atomic E-state index is 0. The van der Waals surface area contributed by atoms with Crippen LogP contribution in [0.5, 0.6) is 23.0 Å². The number of pyridine rings is 1. The zero-order chi connectivity index (χ0) is 25.6. The first kappa shape index (κ1) is 29.9. The molecule has 0 unspecified atom stereocenters. The highest BCUT2D eigenvalue weighted by Crippen LogP contribution is 2.44. The fraction of sp³-hybridized carbons (Fsp3) is 0.357. The van der Waals surface area contributed by atoms with Crippen molar-refractivity contribution in [3.8, 4) is 40.9 Å². The molecule has 0 bridgehead atoms. The van der Waals surface area contributed by atoms with Gasteiger partial charge >= 0.3 is 0 Å². The predicted octanol–water partition coefficient (Wildman–Crippen LogP) is 4.90. The maximum absolute atomic E-state index is 9.78. The summed E-state index contributed by atoms with van der Waals surface area (Å²) >= 11 is 0. The van der Waals surface area contributed by atoms with Gasteiger partial charge in [0.1, 0.15) is 6.07 Å². The van der Waals surface area contributed by atoms with Gasteiger partial charge in [-0.05, 0) is 31.2 Å². The highest BCUT2D eigenvalue weighted by molar-refractivity contribution is 5.98. The molecule has 0 atom stereocenters. The van der Waals surface area contributed by atoms with Gasteiger partial charge in [0.2, 0.25) is 6.79 Å². The molecule has 1 aromatic heterocycles. The van der Waals surface area contributed by atoms with Crippen LogP contribution in [0.15, 0.2) is 30.5 Å².